The highest BCUT2D eigenvalue weighted by molar-refractivity contribution is 5.91. The molecule has 0 heterocycles. The first-order chi connectivity index (χ1) is 9.03. The number of aryl methyl sites for hydroxylation is 1. The fourth-order valence-corrected chi connectivity index (χ4v) is 3.14. The van der Waals surface area contributed by atoms with E-state index in [1.807, 2.05) is 0 Å². The summed E-state index contributed by atoms with van der Waals surface area (Å²) in [5.74, 6) is 0. The van der Waals surface area contributed by atoms with Crippen molar-refractivity contribution in [3.63, 3.8) is 0 Å². The van der Waals surface area contributed by atoms with Crippen LogP contribution in [-0.2, 0) is 10.8 Å². The summed E-state index contributed by atoms with van der Waals surface area (Å²) in [6.07, 6.45) is 0. The fraction of sp³-hybridized carbons (Fsp3) is 0.500. The Morgan fingerprint density at radius 3 is 1.70 bits per heavy atom. The molecule has 2 aromatic rings. The summed E-state index contributed by atoms with van der Waals surface area (Å²) < 4.78 is 0. The van der Waals surface area contributed by atoms with Crippen LogP contribution >= 0.6 is 0 Å². The van der Waals surface area contributed by atoms with Gasteiger partial charge in [-0.1, -0.05) is 65.8 Å². The van der Waals surface area contributed by atoms with Gasteiger partial charge >= 0.3 is 0 Å². The molecule has 0 spiro atoms. The smallest absolute Gasteiger partial charge is 0.0126 e. The lowest BCUT2D eigenvalue weighted by Crippen LogP contribution is -2.16. The fourth-order valence-electron chi connectivity index (χ4n) is 3.14. The van der Waals surface area contributed by atoms with Crippen molar-refractivity contribution in [2.45, 2.75) is 66.2 Å². The molecule has 0 nitrogen and oxygen atoms in total. The molecule has 0 saturated heterocycles. The normalized spacial score (nSPS) is 13.0. The first-order valence-electron chi connectivity index (χ1n) is 7.57. The zero-order valence-corrected chi connectivity index (χ0v) is 14.3. The lowest BCUT2D eigenvalue weighted by molar-refractivity contribution is 0.583. The predicted octanol–water partition coefficient (Wildman–Crippen LogP) is 6.05. The van der Waals surface area contributed by atoms with Gasteiger partial charge in [0.2, 0.25) is 0 Å². The quantitative estimate of drug-likeness (QED) is 0.545. The van der Waals surface area contributed by atoms with E-state index in [4.69, 9.17) is 0 Å². The Labute approximate surface area is 124 Å². The number of benzene rings is 2. The Bertz CT molecular complexity index is 646. The van der Waals surface area contributed by atoms with E-state index >= 15 is 0 Å². The van der Waals surface area contributed by atoms with Crippen LogP contribution in [0.1, 0.15) is 63.8 Å². The van der Waals surface area contributed by atoms with Crippen LogP contribution < -0.4 is 0 Å². The summed E-state index contributed by atoms with van der Waals surface area (Å²) in [6, 6.07) is 9.17. The number of hydrogen-bond donors (Lipinski definition) is 0. The molecule has 2 aromatic carbocycles. The largest absolute Gasteiger partial charge is 0.0613 e. The van der Waals surface area contributed by atoms with Gasteiger partial charge in [0.05, 0.1) is 0 Å². The molecule has 0 N–H and O–H groups in total. The zero-order chi connectivity index (χ0) is 15.3. The van der Waals surface area contributed by atoms with Gasteiger partial charge in [0, 0.05) is 0 Å². The number of fused-ring (bicyclic) bond motifs is 1. The van der Waals surface area contributed by atoms with Crippen molar-refractivity contribution in [2.24, 2.45) is 0 Å². The predicted molar refractivity (Wildman–Crippen MR) is 90.8 cm³/mol. The minimum atomic E-state index is 0.177. The van der Waals surface area contributed by atoms with Gasteiger partial charge in [-0.25, -0.2) is 0 Å². The van der Waals surface area contributed by atoms with Gasteiger partial charge in [0.25, 0.3) is 0 Å². The van der Waals surface area contributed by atoms with E-state index in [0.717, 1.165) is 0 Å². The first kappa shape index (κ1) is 15.1. The Morgan fingerprint density at radius 1 is 0.650 bits per heavy atom. The highest BCUT2D eigenvalue weighted by Gasteiger charge is 2.22. The molecular formula is C20H28. The molecule has 108 valence electrons. The summed E-state index contributed by atoms with van der Waals surface area (Å²) in [7, 11) is 0. The average Bonchev–Trinajstić information content (AvgIpc) is 2.30. The van der Waals surface area contributed by atoms with Crippen LogP contribution in [0.15, 0.2) is 24.3 Å². The third-order valence-corrected chi connectivity index (χ3v) is 4.38. The van der Waals surface area contributed by atoms with Gasteiger partial charge in [-0.2, -0.15) is 0 Å². The highest BCUT2D eigenvalue weighted by Crippen LogP contribution is 2.37. The second-order valence-corrected chi connectivity index (χ2v) is 8.07. The summed E-state index contributed by atoms with van der Waals surface area (Å²) >= 11 is 0. The second kappa shape index (κ2) is 4.62. The molecule has 0 atom stereocenters. The lowest BCUT2D eigenvalue weighted by Gasteiger charge is -2.27. The summed E-state index contributed by atoms with van der Waals surface area (Å²) in [5, 5.41) is 2.83. The third kappa shape index (κ3) is 2.49. The van der Waals surface area contributed by atoms with Crippen LogP contribution in [0.4, 0.5) is 0 Å². The molecule has 0 fully saturated rings. The van der Waals surface area contributed by atoms with Crippen LogP contribution in [0.25, 0.3) is 10.8 Å². The van der Waals surface area contributed by atoms with Crippen LogP contribution in [0.2, 0.25) is 0 Å². The SMILES string of the molecule is Cc1c(C(C)(C)C)cc2c(C(C)(C)C)cccc2c1C. The van der Waals surface area contributed by atoms with Gasteiger partial charge in [0.1, 0.15) is 0 Å². The highest BCUT2D eigenvalue weighted by atomic mass is 14.3. The van der Waals surface area contributed by atoms with Crippen molar-refractivity contribution in [3.8, 4) is 0 Å². The second-order valence-electron chi connectivity index (χ2n) is 8.07. The molecule has 0 aliphatic carbocycles. The van der Waals surface area contributed by atoms with Gasteiger partial charge in [0.15, 0.2) is 0 Å². The molecule has 0 saturated carbocycles. The summed E-state index contributed by atoms with van der Waals surface area (Å²) in [6.45, 7) is 18.3. The Hall–Kier alpha value is -1.30. The van der Waals surface area contributed by atoms with Crippen LogP contribution in [0.3, 0.4) is 0 Å². The monoisotopic (exact) mass is 268 g/mol. The Morgan fingerprint density at radius 2 is 1.20 bits per heavy atom. The molecule has 2 rings (SSSR count). The lowest BCUT2D eigenvalue weighted by atomic mass is 9.77. The molecular weight excluding hydrogens is 240 g/mol. The van der Waals surface area contributed by atoms with Gasteiger partial charge in [-0.3, -0.25) is 0 Å². The Balaban J connectivity index is 2.93. The third-order valence-electron chi connectivity index (χ3n) is 4.38. The molecule has 0 aliphatic heterocycles. The molecule has 0 aromatic heterocycles. The molecule has 0 radical (unpaired) electrons. The van der Waals surface area contributed by atoms with Gasteiger partial charge in [-0.15, -0.1) is 0 Å². The van der Waals surface area contributed by atoms with E-state index in [-0.39, 0.29) is 10.8 Å². The van der Waals surface area contributed by atoms with Gasteiger partial charge < -0.3 is 0 Å². The topological polar surface area (TPSA) is 0 Å². The van der Waals surface area contributed by atoms with E-state index in [1.165, 1.54) is 33.0 Å². The standard InChI is InChI=1S/C20H28/c1-13-14(2)18(20(6,7)8)12-16-15(13)10-9-11-17(16)19(3,4)5/h9-12H,1-8H3. The molecule has 0 heteroatoms. The summed E-state index contributed by atoms with van der Waals surface area (Å²) in [4.78, 5) is 0. The van der Waals surface area contributed by atoms with Crippen molar-refractivity contribution in [3.05, 3.63) is 46.5 Å². The van der Waals surface area contributed by atoms with Crippen LogP contribution in [0.5, 0.6) is 0 Å². The molecule has 0 amide bonds. The van der Waals surface area contributed by atoms with Crippen molar-refractivity contribution < 1.29 is 0 Å². The van der Waals surface area contributed by atoms with Crippen molar-refractivity contribution in [2.75, 3.05) is 0 Å². The molecule has 20 heavy (non-hydrogen) atoms. The van der Waals surface area contributed by atoms with Crippen molar-refractivity contribution in [1.82, 2.24) is 0 Å². The van der Waals surface area contributed by atoms with Crippen LogP contribution in [0, 0.1) is 13.8 Å². The number of hydrogen-bond acceptors (Lipinski definition) is 0. The van der Waals surface area contributed by atoms with Crippen molar-refractivity contribution >= 4 is 10.8 Å². The maximum absolute atomic E-state index is 2.43. The minimum absolute atomic E-state index is 0.177. The number of rotatable bonds is 0. The van der Waals surface area contributed by atoms with E-state index < -0.39 is 0 Å². The molecule has 0 bridgehead atoms. The summed E-state index contributed by atoms with van der Waals surface area (Å²) in [5.41, 5.74) is 6.15. The van der Waals surface area contributed by atoms with E-state index in [1.54, 1.807) is 0 Å². The maximum atomic E-state index is 2.43. The van der Waals surface area contributed by atoms with Crippen LogP contribution in [-0.4, -0.2) is 0 Å². The maximum Gasteiger partial charge on any atom is -0.0126 e. The van der Waals surface area contributed by atoms with E-state index in [2.05, 4.69) is 79.7 Å². The molecule has 0 unspecified atom stereocenters. The Kier molecular flexibility index (Phi) is 3.48. The average molecular weight is 268 g/mol. The van der Waals surface area contributed by atoms with Gasteiger partial charge in [-0.05, 0) is 57.7 Å². The van der Waals surface area contributed by atoms with Crippen molar-refractivity contribution in [1.29, 1.82) is 0 Å². The zero-order valence-electron chi connectivity index (χ0n) is 14.3. The first-order valence-corrected chi connectivity index (χ1v) is 7.57. The van der Waals surface area contributed by atoms with E-state index in [0.29, 0.717) is 0 Å². The molecule has 0 aliphatic rings. The minimum Gasteiger partial charge on any atom is -0.0613 e. The van der Waals surface area contributed by atoms with E-state index in [9.17, 15) is 0 Å².